The normalized spacial score (nSPS) is 11.2. The maximum absolute atomic E-state index is 10.5. The van der Waals surface area contributed by atoms with Gasteiger partial charge < -0.3 is 10.2 Å². The van der Waals surface area contributed by atoms with Gasteiger partial charge in [-0.15, -0.1) is 0 Å². The maximum Gasteiger partial charge on any atom is 0.124 e. The Hall–Kier alpha value is -3.00. The molecule has 0 heterocycles. The molecule has 0 saturated carbocycles. The highest BCUT2D eigenvalue weighted by Crippen LogP contribution is 2.44. The lowest BCUT2D eigenvalue weighted by atomic mass is 9.88. The van der Waals surface area contributed by atoms with Crippen LogP contribution in [0.25, 0.3) is 35.4 Å². The lowest BCUT2D eigenvalue weighted by Crippen LogP contribution is -1.94. The van der Waals surface area contributed by atoms with Crippen molar-refractivity contribution in [2.75, 3.05) is 0 Å². The van der Waals surface area contributed by atoms with Crippen molar-refractivity contribution in [1.29, 1.82) is 0 Å². The molecular weight excluding hydrogens is 296 g/mol. The lowest BCUT2D eigenvalue weighted by Gasteiger charge is -2.17. The van der Waals surface area contributed by atoms with Gasteiger partial charge in [0, 0.05) is 11.1 Å². The van der Waals surface area contributed by atoms with E-state index in [4.69, 9.17) is 0 Å². The third kappa shape index (κ3) is 3.04. The summed E-state index contributed by atoms with van der Waals surface area (Å²) in [4.78, 5) is 0. The minimum atomic E-state index is 0.107. The average Bonchev–Trinajstić information content (AvgIpc) is 2.57. The van der Waals surface area contributed by atoms with Crippen molar-refractivity contribution in [3.63, 3.8) is 0 Å². The number of allylic oxidation sites excluding steroid dienone is 2. The minimum Gasteiger partial charge on any atom is -0.507 e. The molecule has 0 amide bonds. The van der Waals surface area contributed by atoms with Gasteiger partial charge in [0.05, 0.1) is 0 Å². The highest BCUT2D eigenvalue weighted by Gasteiger charge is 2.19. The van der Waals surface area contributed by atoms with Crippen LogP contribution in [-0.4, -0.2) is 10.2 Å². The third-order valence-electron chi connectivity index (χ3n) is 3.87. The monoisotopic (exact) mass is 318 g/mol. The van der Waals surface area contributed by atoms with E-state index < -0.39 is 0 Å². The topological polar surface area (TPSA) is 40.5 Å². The SMILES string of the molecule is C=Cc1ccc(O)c(-c2c(O)ccc(C=C)c2/C=C\C)c1/C=C\C. The quantitative estimate of drug-likeness (QED) is 0.697. The summed E-state index contributed by atoms with van der Waals surface area (Å²) in [6.45, 7) is 11.5. The summed E-state index contributed by atoms with van der Waals surface area (Å²) in [7, 11) is 0. The van der Waals surface area contributed by atoms with Crippen LogP contribution in [-0.2, 0) is 0 Å². The van der Waals surface area contributed by atoms with Crippen LogP contribution in [0.1, 0.15) is 36.1 Å². The summed E-state index contributed by atoms with van der Waals surface area (Å²) < 4.78 is 0. The molecule has 0 aromatic heterocycles. The van der Waals surface area contributed by atoms with Gasteiger partial charge in [0.2, 0.25) is 0 Å². The van der Waals surface area contributed by atoms with Crippen LogP contribution in [0.3, 0.4) is 0 Å². The van der Waals surface area contributed by atoms with E-state index in [9.17, 15) is 10.2 Å². The zero-order valence-electron chi connectivity index (χ0n) is 14.1. The van der Waals surface area contributed by atoms with Gasteiger partial charge in [-0.3, -0.25) is 0 Å². The molecule has 0 saturated heterocycles. The second-order valence-electron chi connectivity index (χ2n) is 5.33. The number of phenols is 2. The van der Waals surface area contributed by atoms with Gasteiger partial charge in [0.25, 0.3) is 0 Å². The summed E-state index contributed by atoms with van der Waals surface area (Å²) in [6.07, 6.45) is 11.1. The molecule has 0 atom stereocenters. The van der Waals surface area contributed by atoms with Crippen LogP contribution in [0.4, 0.5) is 0 Å². The summed E-state index contributed by atoms with van der Waals surface area (Å²) in [5.41, 5.74) is 4.57. The first-order chi connectivity index (χ1) is 11.6. The largest absolute Gasteiger partial charge is 0.507 e. The first-order valence-corrected chi connectivity index (χ1v) is 7.81. The van der Waals surface area contributed by atoms with E-state index in [1.54, 1.807) is 24.3 Å². The Morgan fingerprint density at radius 3 is 1.38 bits per heavy atom. The molecule has 0 bridgehead atoms. The zero-order chi connectivity index (χ0) is 17.7. The molecule has 0 unspecified atom stereocenters. The fourth-order valence-electron chi connectivity index (χ4n) is 2.82. The Kier molecular flexibility index (Phi) is 5.43. The van der Waals surface area contributed by atoms with E-state index in [1.807, 2.05) is 50.3 Å². The second kappa shape index (κ2) is 7.51. The van der Waals surface area contributed by atoms with Crippen LogP contribution in [0.2, 0.25) is 0 Å². The summed E-state index contributed by atoms with van der Waals surface area (Å²) in [6, 6.07) is 6.87. The van der Waals surface area contributed by atoms with Gasteiger partial charge >= 0.3 is 0 Å². The highest BCUT2D eigenvalue weighted by atomic mass is 16.3. The number of aromatic hydroxyl groups is 2. The Morgan fingerprint density at radius 1 is 0.708 bits per heavy atom. The highest BCUT2D eigenvalue weighted by molar-refractivity contribution is 5.93. The predicted molar refractivity (Wildman–Crippen MR) is 105 cm³/mol. The van der Waals surface area contributed by atoms with E-state index in [0.717, 1.165) is 22.3 Å². The Balaban J connectivity index is 3.01. The van der Waals surface area contributed by atoms with Crippen molar-refractivity contribution in [1.82, 2.24) is 0 Å². The Labute approximate surface area is 143 Å². The molecule has 2 aromatic rings. The lowest BCUT2D eigenvalue weighted by molar-refractivity contribution is 0.469. The molecule has 0 aliphatic rings. The summed E-state index contributed by atoms with van der Waals surface area (Å²) in [5.74, 6) is 0.215. The molecule has 2 rings (SSSR count). The second-order valence-corrected chi connectivity index (χ2v) is 5.33. The van der Waals surface area contributed by atoms with Gasteiger partial charge in [-0.1, -0.05) is 61.7 Å². The molecule has 24 heavy (non-hydrogen) atoms. The molecule has 0 radical (unpaired) electrons. The van der Waals surface area contributed by atoms with Crippen LogP contribution >= 0.6 is 0 Å². The number of rotatable bonds is 5. The van der Waals surface area contributed by atoms with E-state index in [1.165, 1.54) is 0 Å². The molecule has 2 N–H and O–H groups in total. The van der Waals surface area contributed by atoms with Gasteiger partial charge in [-0.2, -0.15) is 0 Å². The standard InChI is InChI=1S/C22H22O2/c1-5-9-17-15(7-3)11-13-19(23)21(17)22-18(10-6-2)16(8-4)12-14-20(22)24/h5-14,23-24H,3-4H2,1-2H3/b9-5-,10-6-. The van der Waals surface area contributed by atoms with Gasteiger partial charge in [0.1, 0.15) is 11.5 Å². The van der Waals surface area contributed by atoms with Crippen molar-refractivity contribution < 1.29 is 10.2 Å². The minimum absolute atomic E-state index is 0.107. The van der Waals surface area contributed by atoms with Crippen LogP contribution in [0.15, 0.2) is 49.6 Å². The van der Waals surface area contributed by atoms with E-state index in [0.29, 0.717) is 11.1 Å². The molecule has 0 aliphatic carbocycles. The van der Waals surface area contributed by atoms with Gasteiger partial charge in [0.15, 0.2) is 0 Å². The fourth-order valence-corrected chi connectivity index (χ4v) is 2.82. The Bertz CT molecular complexity index is 768. The molecule has 2 heteroatoms. The fraction of sp³-hybridized carbons (Fsp3) is 0.0909. The van der Waals surface area contributed by atoms with Crippen molar-refractivity contribution in [2.45, 2.75) is 13.8 Å². The third-order valence-corrected chi connectivity index (χ3v) is 3.87. The van der Waals surface area contributed by atoms with E-state index >= 15 is 0 Å². The zero-order valence-corrected chi connectivity index (χ0v) is 14.1. The van der Waals surface area contributed by atoms with Crippen LogP contribution in [0.5, 0.6) is 11.5 Å². The van der Waals surface area contributed by atoms with E-state index in [2.05, 4.69) is 13.2 Å². The number of phenolic OH excluding ortho intramolecular Hbond substituents is 2. The predicted octanol–water partition coefficient (Wildman–Crippen LogP) is 6.12. The average molecular weight is 318 g/mol. The Morgan fingerprint density at radius 2 is 1.08 bits per heavy atom. The molecule has 122 valence electrons. The molecule has 0 aliphatic heterocycles. The molecule has 2 nitrogen and oxygen atoms in total. The molecular formula is C22H22O2. The van der Waals surface area contributed by atoms with Crippen LogP contribution in [0, 0.1) is 0 Å². The van der Waals surface area contributed by atoms with Gasteiger partial charge in [-0.05, 0) is 48.2 Å². The first-order valence-electron chi connectivity index (χ1n) is 7.81. The molecule has 0 fully saturated rings. The summed E-state index contributed by atoms with van der Waals surface area (Å²) in [5, 5.41) is 21.1. The van der Waals surface area contributed by atoms with E-state index in [-0.39, 0.29) is 11.5 Å². The maximum atomic E-state index is 10.5. The molecule has 2 aromatic carbocycles. The number of hydrogen-bond donors (Lipinski definition) is 2. The van der Waals surface area contributed by atoms with Gasteiger partial charge in [-0.25, -0.2) is 0 Å². The van der Waals surface area contributed by atoms with Crippen molar-refractivity contribution in [3.8, 4) is 22.6 Å². The first kappa shape index (κ1) is 17.4. The van der Waals surface area contributed by atoms with Crippen molar-refractivity contribution in [3.05, 3.63) is 71.8 Å². The van der Waals surface area contributed by atoms with Crippen molar-refractivity contribution >= 4 is 24.3 Å². The molecule has 0 spiro atoms. The van der Waals surface area contributed by atoms with Crippen LogP contribution < -0.4 is 0 Å². The number of hydrogen-bond acceptors (Lipinski definition) is 2. The number of benzene rings is 2. The summed E-state index contributed by atoms with van der Waals surface area (Å²) >= 11 is 0. The van der Waals surface area contributed by atoms with Crippen molar-refractivity contribution in [2.24, 2.45) is 0 Å². The smallest absolute Gasteiger partial charge is 0.124 e.